The molecule has 1 amide bonds. The number of rotatable bonds is 5. The van der Waals surface area contributed by atoms with Crippen LogP contribution in [0.2, 0.25) is 0 Å². The average Bonchev–Trinajstić information content (AvgIpc) is 3.11. The number of carbonyl (C=O) groups is 1. The minimum atomic E-state index is -0.192. The Balaban J connectivity index is 1.91. The van der Waals surface area contributed by atoms with Crippen LogP contribution in [0.1, 0.15) is 27.6 Å². The van der Waals surface area contributed by atoms with Crippen LogP contribution in [0.25, 0.3) is 11.0 Å². The van der Waals surface area contributed by atoms with Crippen molar-refractivity contribution in [3.05, 3.63) is 59.2 Å². The number of hydrogen-bond acceptors (Lipinski definition) is 4. The molecule has 0 N–H and O–H groups in total. The van der Waals surface area contributed by atoms with Crippen molar-refractivity contribution < 1.29 is 18.4 Å². The lowest BCUT2D eigenvalue weighted by molar-refractivity contribution is 0.0739. The molecule has 120 valence electrons. The summed E-state index contributed by atoms with van der Waals surface area (Å²) in [6.07, 6.45) is 0. The van der Waals surface area contributed by atoms with Crippen molar-refractivity contribution in [1.82, 2.24) is 4.90 Å². The van der Waals surface area contributed by atoms with Gasteiger partial charge in [0.05, 0.1) is 13.2 Å². The van der Waals surface area contributed by atoms with Crippen molar-refractivity contribution in [2.45, 2.75) is 20.1 Å². The molecule has 0 radical (unpaired) electrons. The van der Waals surface area contributed by atoms with Gasteiger partial charge in [0.2, 0.25) is 0 Å². The SMILES string of the molecule is COCc1c(C(=O)N(C)Cc2ccc(C)o2)oc2ccccc12. The molecule has 5 heteroatoms. The zero-order valence-electron chi connectivity index (χ0n) is 13.5. The van der Waals surface area contributed by atoms with E-state index in [9.17, 15) is 4.79 Å². The van der Waals surface area contributed by atoms with E-state index in [0.717, 1.165) is 22.5 Å². The first-order valence-electron chi connectivity index (χ1n) is 7.40. The van der Waals surface area contributed by atoms with E-state index in [2.05, 4.69) is 0 Å². The Labute approximate surface area is 134 Å². The number of methoxy groups -OCH3 is 1. The lowest BCUT2D eigenvalue weighted by Crippen LogP contribution is -2.26. The van der Waals surface area contributed by atoms with Crippen LogP contribution >= 0.6 is 0 Å². The molecule has 0 fully saturated rings. The standard InChI is InChI=1S/C18H19NO4/c1-12-8-9-13(22-12)10-19(2)18(20)17-15(11-21-3)14-6-4-5-7-16(14)23-17/h4-9H,10-11H2,1-3H3. The fraction of sp³-hybridized carbons (Fsp3) is 0.278. The van der Waals surface area contributed by atoms with Crippen molar-refractivity contribution >= 4 is 16.9 Å². The van der Waals surface area contributed by atoms with E-state index >= 15 is 0 Å². The van der Waals surface area contributed by atoms with E-state index in [1.165, 1.54) is 0 Å². The second-order valence-corrected chi connectivity index (χ2v) is 5.51. The van der Waals surface area contributed by atoms with E-state index in [-0.39, 0.29) is 5.91 Å². The maximum Gasteiger partial charge on any atom is 0.290 e. The van der Waals surface area contributed by atoms with Crippen molar-refractivity contribution in [3.8, 4) is 0 Å². The van der Waals surface area contributed by atoms with E-state index in [4.69, 9.17) is 13.6 Å². The molecule has 23 heavy (non-hydrogen) atoms. The lowest BCUT2D eigenvalue weighted by Gasteiger charge is -2.15. The lowest BCUT2D eigenvalue weighted by atomic mass is 10.1. The van der Waals surface area contributed by atoms with Gasteiger partial charge >= 0.3 is 0 Å². The zero-order chi connectivity index (χ0) is 16.4. The molecule has 1 aromatic carbocycles. The van der Waals surface area contributed by atoms with Gasteiger partial charge in [0, 0.05) is 25.1 Å². The predicted molar refractivity (Wildman–Crippen MR) is 86.2 cm³/mol. The molecule has 0 saturated carbocycles. The topological polar surface area (TPSA) is 55.8 Å². The van der Waals surface area contributed by atoms with E-state index in [1.807, 2.05) is 43.3 Å². The summed E-state index contributed by atoms with van der Waals surface area (Å²) in [6, 6.07) is 11.3. The smallest absolute Gasteiger partial charge is 0.290 e. The minimum absolute atomic E-state index is 0.192. The zero-order valence-corrected chi connectivity index (χ0v) is 13.5. The molecular formula is C18H19NO4. The predicted octanol–water partition coefficient (Wildman–Crippen LogP) is 3.75. The molecule has 5 nitrogen and oxygen atoms in total. The fourth-order valence-corrected chi connectivity index (χ4v) is 2.61. The number of aryl methyl sites for hydroxylation is 1. The summed E-state index contributed by atoms with van der Waals surface area (Å²) in [4.78, 5) is 14.3. The largest absolute Gasteiger partial charge is 0.464 e. The Bertz CT molecular complexity index is 831. The normalized spacial score (nSPS) is 11.1. The van der Waals surface area contributed by atoms with Gasteiger partial charge in [-0.3, -0.25) is 4.79 Å². The number of amides is 1. The summed E-state index contributed by atoms with van der Waals surface area (Å²) in [6.45, 7) is 2.59. The van der Waals surface area contributed by atoms with Crippen LogP contribution in [0.5, 0.6) is 0 Å². The third kappa shape index (κ3) is 3.00. The van der Waals surface area contributed by atoms with Crippen LogP contribution < -0.4 is 0 Å². The minimum Gasteiger partial charge on any atom is -0.464 e. The average molecular weight is 313 g/mol. The number of nitrogens with zero attached hydrogens (tertiary/aromatic N) is 1. The Kier molecular flexibility index (Phi) is 4.21. The van der Waals surface area contributed by atoms with Crippen LogP contribution in [-0.4, -0.2) is 25.0 Å². The van der Waals surface area contributed by atoms with E-state index < -0.39 is 0 Å². The highest BCUT2D eigenvalue weighted by Gasteiger charge is 2.23. The van der Waals surface area contributed by atoms with Crippen molar-refractivity contribution in [1.29, 1.82) is 0 Å². The van der Waals surface area contributed by atoms with Crippen molar-refractivity contribution in [2.24, 2.45) is 0 Å². The summed E-state index contributed by atoms with van der Waals surface area (Å²) in [7, 11) is 3.33. The molecule has 0 unspecified atom stereocenters. The number of para-hydroxylation sites is 1. The fourth-order valence-electron chi connectivity index (χ4n) is 2.61. The second-order valence-electron chi connectivity index (χ2n) is 5.51. The van der Waals surface area contributed by atoms with Gasteiger partial charge in [-0.2, -0.15) is 0 Å². The number of ether oxygens (including phenoxy) is 1. The van der Waals surface area contributed by atoms with E-state index in [0.29, 0.717) is 24.5 Å². The number of hydrogen-bond donors (Lipinski definition) is 0. The molecule has 0 aliphatic rings. The maximum atomic E-state index is 12.8. The Hall–Kier alpha value is -2.53. The molecule has 0 saturated heterocycles. The van der Waals surface area contributed by atoms with Crippen LogP contribution in [0.3, 0.4) is 0 Å². The summed E-state index contributed by atoms with van der Waals surface area (Å²) >= 11 is 0. The maximum absolute atomic E-state index is 12.8. The molecule has 0 aliphatic heterocycles. The first kappa shape index (κ1) is 15.4. The number of carbonyl (C=O) groups excluding carboxylic acids is 1. The van der Waals surface area contributed by atoms with Gasteiger partial charge in [-0.05, 0) is 25.1 Å². The van der Waals surface area contributed by atoms with Gasteiger partial charge in [-0.15, -0.1) is 0 Å². The summed E-state index contributed by atoms with van der Waals surface area (Å²) in [5, 5.41) is 0.903. The van der Waals surface area contributed by atoms with Gasteiger partial charge in [0.1, 0.15) is 17.1 Å². The third-order valence-electron chi connectivity index (χ3n) is 3.72. The number of furan rings is 2. The molecule has 3 aromatic rings. The van der Waals surface area contributed by atoms with Crippen LogP contribution in [-0.2, 0) is 17.9 Å². The van der Waals surface area contributed by atoms with Gasteiger partial charge in [-0.25, -0.2) is 0 Å². The van der Waals surface area contributed by atoms with Crippen LogP contribution in [0.4, 0.5) is 0 Å². The Morgan fingerprint density at radius 3 is 2.65 bits per heavy atom. The quantitative estimate of drug-likeness (QED) is 0.720. The van der Waals surface area contributed by atoms with Crippen molar-refractivity contribution in [3.63, 3.8) is 0 Å². The number of benzene rings is 1. The number of fused-ring (bicyclic) bond motifs is 1. The molecule has 3 rings (SSSR count). The third-order valence-corrected chi connectivity index (χ3v) is 3.72. The molecule has 2 heterocycles. The highest BCUT2D eigenvalue weighted by Crippen LogP contribution is 2.27. The first-order chi connectivity index (χ1) is 11.1. The molecule has 0 aliphatic carbocycles. The van der Waals surface area contributed by atoms with Gasteiger partial charge in [0.15, 0.2) is 5.76 Å². The van der Waals surface area contributed by atoms with Crippen LogP contribution in [0.15, 0.2) is 45.2 Å². The van der Waals surface area contributed by atoms with Crippen LogP contribution in [0, 0.1) is 6.92 Å². The molecular weight excluding hydrogens is 294 g/mol. The van der Waals surface area contributed by atoms with Gasteiger partial charge in [0.25, 0.3) is 5.91 Å². The van der Waals surface area contributed by atoms with Gasteiger partial charge < -0.3 is 18.5 Å². The molecule has 0 bridgehead atoms. The van der Waals surface area contributed by atoms with Gasteiger partial charge in [-0.1, -0.05) is 18.2 Å². The molecule has 0 atom stereocenters. The highest BCUT2D eigenvalue weighted by molar-refractivity contribution is 5.98. The summed E-state index contributed by atoms with van der Waals surface area (Å²) in [5.74, 6) is 1.69. The Morgan fingerprint density at radius 1 is 1.17 bits per heavy atom. The van der Waals surface area contributed by atoms with Crippen molar-refractivity contribution in [2.75, 3.05) is 14.2 Å². The second kappa shape index (κ2) is 6.30. The Morgan fingerprint density at radius 2 is 1.96 bits per heavy atom. The highest BCUT2D eigenvalue weighted by atomic mass is 16.5. The summed E-state index contributed by atoms with van der Waals surface area (Å²) < 4.78 is 16.5. The monoisotopic (exact) mass is 313 g/mol. The molecule has 2 aromatic heterocycles. The first-order valence-corrected chi connectivity index (χ1v) is 7.40. The summed E-state index contributed by atoms with van der Waals surface area (Å²) in [5.41, 5.74) is 1.46. The molecule has 0 spiro atoms. The van der Waals surface area contributed by atoms with E-state index in [1.54, 1.807) is 19.1 Å².